The molecular formula is C15H18F2N2O4. The number of fused-ring (bicyclic) bond motifs is 1. The van der Waals surface area contributed by atoms with Gasteiger partial charge in [0.05, 0.1) is 0 Å². The maximum Gasteiger partial charge on any atom is 0.408 e. The van der Waals surface area contributed by atoms with Gasteiger partial charge >= 0.3 is 6.09 Å². The summed E-state index contributed by atoms with van der Waals surface area (Å²) in [6, 6.07) is 0.566. The highest BCUT2D eigenvalue weighted by Gasteiger charge is 2.33. The van der Waals surface area contributed by atoms with Crippen LogP contribution in [0.5, 0.6) is 5.75 Å². The Balaban J connectivity index is 2.21. The van der Waals surface area contributed by atoms with Gasteiger partial charge in [0.1, 0.15) is 35.5 Å². The first-order valence-electron chi connectivity index (χ1n) is 6.97. The molecule has 2 rings (SSSR count). The average Bonchev–Trinajstić information content (AvgIpc) is 2.48. The van der Waals surface area contributed by atoms with Gasteiger partial charge in [-0.2, -0.15) is 0 Å². The van der Waals surface area contributed by atoms with Gasteiger partial charge in [0, 0.05) is 19.2 Å². The van der Waals surface area contributed by atoms with Crippen molar-refractivity contribution in [3.8, 4) is 5.75 Å². The van der Waals surface area contributed by atoms with Gasteiger partial charge in [-0.1, -0.05) is 0 Å². The topological polar surface area (TPSA) is 67.9 Å². The van der Waals surface area contributed by atoms with Crippen LogP contribution in [0.15, 0.2) is 12.1 Å². The molecule has 0 saturated heterocycles. The predicted molar refractivity (Wildman–Crippen MR) is 78.4 cm³/mol. The quantitative estimate of drug-likeness (QED) is 0.858. The van der Waals surface area contributed by atoms with E-state index in [1.54, 1.807) is 20.8 Å². The molecule has 1 aliphatic heterocycles. The van der Waals surface area contributed by atoms with Crippen LogP contribution in [0.1, 0.15) is 20.8 Å². The van der Waals surface area contributed by atoms with E-state index in [1.807, 2.05) is 0 Å². The van der Waals surface area contributed by atoms with Crippen molar-refractivity contribution in [2.45, 2.75) is 32.4 Å². The Morgan fingerprint density at radius 3 is 2.65 bits per heavy atom. The first-order valence-corrected chi connectivity index (χ1v) is 6.97. The highest BCUT2D eigenvalue weighted by atomic mass is 19.1. The fourth-order valence-corrected chi connectivity index (χ4v) is 2.12. The summed E-state index contributed by atoms with van der Waals surface area (Å²) in [5, 5.41) is 2.37. The maximum atomic E-state index is 13.9. The summed E-state index contributed by atoms with van der Waals surface area (Å²) in [6.45, 7) is 4.77. The summed E-state index contributed by atoms with van der Waals surface area (Å²) in [6.07, 6.45) is -0.801. The molecule has 0 aliphatic carbocycles. The number of alkyl carbamates (subject to hydrolysis) is 1. The zero-order valence-electron chi connectivity index (χ0n) is 13.3. The van der Waals surface area contributed by atoms with E-state index >= 15 is 0 Å². The number of amides is 2. The summed E-state index contributed by atoms with van der Waals surface area (Å²) in [4.78, 5) is 25.1. The molecule has 0 unspecified atom stereocenters. The molecule has 0 aromatic heterocycles. The number of likely N-dealkylation sites (N-methyl/N-ethyl adjacent to an activating group) is 1. The second-order valence-corrected chi connectivity index (χ2v) is 6.14. The molecule has 6 nitrogen and oxygen atoms in total. The zero-order valence-corrected chi connectivity index (χ0v) is 13.3. The van der Waals surface area contributed by atoms with Crippen LogP contribution in [-0.4, -0.2) is 37.3 Å². The standard InChI is InChI=1S/C15H18F2N2O4/c1-15(2,3)23-14(21)18-10-7-22-11-6-8(16)5-9(17)12(11)19(4)13(10)20/h5-6,10H,7H2,1-4H3,(H,18,21)/t10-/m0/s1. The first-order chi connectivity index (χ1) is 10.6. The maximum absolute atomic E-state index is 13.9. The molecule has 23 heavy (non-hydrogen) atoms. The number of halogens is 2. The number of rotatable bonds is 1. The lowest BCUT2D eigenvalue weighted by atomic mass is 10.2. The van der Waals surface area contributed by atoms with E-state index in [-0.39, 0.29) is 18.0 Å². The second kappa shape index (κ2) is 6.02. The summed E-state index contributed by atoms with van der Waals surface area (Å²) < 4.78 is 37.6. The molecular weight excluding hydrogens is 310 g/mol. The number of benzene rings is 1. The minimum atomic E-state index is -1.08. The Hall–Kier alpha value is -2.38. The Bertz CT molecular complexity index is 643. The van der Waals surface area contributed by atoms with Crippen molar-refractivity contribution in [1.82, 2.24) is 5.32 Å². The molecule has 1 aliphatic rings. The number of anilines is 1. The molecule has 8 heteroatoms. The fraction of sp³-hybridized carbons (Fsp3) is 0.467. The van der Waals surface area contributed by atoms with Crippen molar-refractivity contribution >= 4 is 17.7 Å². The van der Waals surface area contributed by atoms with E-state index in [1.165, 1.54) is 7.05 Å². The van der Waals surface area contributed by atoms with E-state index in [2.05, 4.69) is 5.32 Å². The average molecular weight is 328 g/mol. The number of hydrogen-bond donors (Lipinski definition) is 1. The third kappa shape index (κ3) is 3.88. The minimum Gasteiger partial charge on any atom is -0.488 e. The van der Waals surface area contributed by atoms with Crippen molar-refractivity contribution in [1.29, 1.82) is 0 Å². The highest BCUT2D eigenvalue weighted by molar-refractivity contribution is 6.00. The van der Waals surface area contributed by atoms with Gasteiger partial charge in [0.25, 0.3) is 5.91 Å². The third-order valence-corrected chi connectivity index (χ3v) is 3.05. The molecule has 1 N–H and O–H groups in total. The van der Waals surface area contributed by atoms with Crippen molar-refractivity contribution in [2.75, 3.05) is 18.6 Å². The molecule has 0 fully saturated rings. The monoisotopic (exact) mass is 328 g/mol. The third-order valence-electron chi connectivity index (χ3n) is 3.05. The number of hydrogen-bond acceptors (Lipinski definition) is 4. The van der Waals surface area contributed by atoms with E-state index in [0.717, 1.165) is 11.0 Å². The molecule has 1 aromatic rings. The Labute approximate surface area is 132 Å². The predicted octanol–water partition coefficient (Wildman–Crippen LogP) is 2.21. The van der Waals surface area contributed by atoms with Crippen LogP contribution in [0.25, 0.3) is 0 Å². The van der Waals surface area contributed by atoms with E-state index in [9.17, 15) is 18.4 Å². The summed E-state index contributed by atoms with van der Waals surface area (Å²) in [5.74, 6) is -2.44. The normalized spacial score (nSPS) is 17.9. The molecule has 0 bridgehead atoms. The highest BCUT2D eigenvalue weighted by Crippen LogP contribution is 2.34. The van der Waals surface area contributed by atoms with Crippen LogP contribution in [0.4, 0.5) is 19.3 Å². The molecule has 0 spiro atoms. The second-order valence-electron chi connectivity index (χ2n) is 6.14. The number of ether oxygens (including phenoxy) is 2. The van der Waals surface area contributed by atoms with E-state index < -0.39 is 35.3 Å². The van der Waals surface area contributed by atoms with Crippen LogP contribution in [0.2, 0.25) is 0 Å². The van der Waals surface area contributed by atoms with Gasteiger partial charge in [-0.15, -0.1) is 0 Å². The Morgan fingerprint density at radius 1 is 1.39 bits per heavy atom. The lowest BCUT2D eigenvalue weighted by molar-refractivity contribution is -0.120. The van der Waals surface area contributed by atoms with Crippen LogP contribution >= 0.6 is 0 Å². The fourth-order valence-electron chi connectivity index (χ4n) is 2.12. The SMILES string of the molecule is CN1C(=O)[C@@H](NC(=O)OC(C)(C)C)COc2cc(F)cc(F)c21. The van der Waals surface area contributed by atoms with Crippen LogP contribution in [0.3, 0.4) is 0 Å². The molecule has 126 valence electrons. The number of carbonyl (C=O) groups excluding carboxylic acids is 2. The van der Waals surface area contributed by atoms with Crippen LogP contribution in [-0.2, 0) is 9.53 Å². The summed E-state index contributed by atoms with van der Waals surface area (Å²) >= 11 is 0. The summed E-state index contributed by atoms with van der Waals surface area (Å²) in [5.41, 5.74) is -0.909. The van der Waals surface area contributed by atoms with Crippen molar-refractivity contribution < 1.29 is 27.8 Å². The largest absolute Gasteiger partial charge is 0.488 e. The first kappa shape index (κ1) is 17.0. The van der Waals surface area contributed by atoms with Gasteiger partial charge in [-0.3, -0.25) is 4.79 Å². The molecule has 1 atom stereocenters. The van der Waals surface area contributed by atoms with Gasteiger partial charge in [0.15, 0.2) is 5.82 Å². The molecule has 2 amide bonds. The molecule has 1 heterocycles. The van der Waals surface area contributed by atoms with Gasteiger partial charge in [-0.25, -0.2) is 13.6 Å². The van der Waals surface area contributed by atoms with Gasteiger partial charge in [0.2, 0.25) is 0 Å². The zero-order chi connectivity index (χ0) is 17.4. The lowest BCUT2D eigenvalue weighted by Gasteiger charge is -2.23. The van der Waals surface area contributed by atoms with Crippen molar-refractivity contribution in [2.24, 2.45) is 0 Å². The molecule has 0 saturated carbocycles. The molecule has 0 radical (unpaired) electrons. The van der Waals surface area contributed by atoms with E-state index in [4.69, 9.17) is 9.47 Å². The lowest BCUT2D eigenvalue weighted by Crippen LogP contribution is -2.50. The minimum absolute atomic E-state index is 0.105. The smallest absolute Gasteiger partial charge is 0.408 e. The van der Waals surface area contributed by atoms with E-state index in [0.29, 0.717) is 6.07 Å². The van der Waals surface area contributed by atoms with Crippen molar-refractivity contribution in [3.63, 3.8) is 0 Å². The van der Waals surface area contributed by atoms with Crippen molar-refractivity contribution in [3.05, 3.63) is 23.8 Å². The van der Waals surface area contributed by atoms with Crippen LogP contribution < -0.4 is 15.0 Å². The number of nitrogens with one attached hydrogen (secondary N) is 1. The number of carbonyl (C=O) groups is 2. The summed E-state index contributed by atoms with van der Waals surface area (Å²) in [7, 11) is 1.32. The number of nitrogens with zero attached hydrogens (tertiary/aromatic N) is 1. The van der Waals surface area contributed by atoms with Gasteiger partial charge < -0.3 is 19.7 Å². The molecule has 1 aromatic carbocycles. The van der Waals surface area contributed by atoms with Gasteiger partial charge in [-0.05, 0) is 20.8 Å². The Kier molecular flexibility index (Phi) is 4.44. The Morgan fingerprint density at radius 2 is 2.04 bits per heavy atom. The van der Waals surface area contributed by atoms with Crippen LogP contribution in [0, 0.1) is 11.6 Å².